The first-order valence-corrected chi connectivity index (χ1v) is 8.83. The second kappa shape index (κ2) is 11.7. The standard InChI is InChI=1S/C19H24N4O2.2ClH/c24-17(7-6-14-8-11-20-12-9-14)22-13-18(25)23-16-5-1-3-15-4-2-10-21-19(15)16;;/h1-5,10,14,20H,6-9,11-13H2,(H,22,24)(H,23,25);2*1H. The van der Waals surface area contributed by atoms with Gasteiger partial charge >= 0.3 is 0 Å². The van der Waals surface area contributed by atoms with E-state index in [9.17, 15) is 9.59 Å². The number of amides is 2. The van der Waals surface area contributed by atoms with Crippen molar-refractivity contribution >= 4 is 53.2 Å². The van der Waals surface area contributed by atoms with Crippen LogP contribution in [0, 0.1) is 5.92 Å². The normalized spacial score (nSPS) is 13.9. The number of para-hydroxylation sites is 1. The molecule has 3 rings (SSSR count). The van der Waals surface area contributed by atoms with Crippen LogP contribution < -0.4 is 16.0 Å². The van der Waals surface area contributed by atoms with E-state index in [1.807, 2.05) is 30.3 Å². The molecule has 6 nitrogen and oxygen atoms in total. The number of halogens is 2. The summed E-state index contributed by atoms with van der Waals surface area (Å²) < 4.78 is 0. The number of benzene rings is 1. The fourth-order valence-corrected chi connectivity index (χ4v) is 3.17. The first-order chi connectivity index (χ1) is 12.2. The smallest absolute Gasteiger partial charge is 0.243 e. The molecule has 0 saturated carbocycles. The van der Waals surface area contributed by atoms with E-state index in [0.29, 0.717) is 18.0 Å². The number of carbonyl (C=O) groups excluding carboxylic acids is 2. The summed E-state index contributed by atoms with van der Waals surface area (Å²) in [6.07, 6.45) is 5.32. The highest BCUT2D eigenvalue weighted by Crippen LogP contribution is 2.20. The molecule has 27 heavy (non-hydrogen) atoms. The lowest BCUT2D eigenvalue weighted by Gasteiger charge is -2.22. The Bertz CT molecular complexity index is 746. The molecule has 1 aliphatic rings. The topological polar surface area (TPSA) is 83.1 Å². The van der Waals surface area contributed by atoms with Crippen LogP contribution in [0.2, 0.25) is 0 Å². The highest BCUT2D eigenvalue weighted by Gasteiger charge is 2.15. The number of hydrogen-bond donors (Lipinski definition) is 3. The molecule has 148 valence electrons. The van der Waals surface area contributed by atoms with Gasteiger partial charge in [-0.2, -0.15) is 0 Å². The summed E-state index contributed by atoms with van der Waals surface area (Å²) in [6, 6.07) is 9.43. The molecule has 0 unspecified atom stereocenters. The van der Waals surface area contributed by atoms with E-state index in [1.54, 1.807) is 6.20 Å². The Morgan fingerprint density at radius 1 is 1.07 bits per heavy atom. The van der Waals surface area contributed by atoms with Crippen molar-refractivity contribution in [1.29, 1.82) is 0 Å². The fraction of sp³-hybridized carbons (Fsp3) is 0.421. The maximum absolute atomic E-state index is 12.1. The minimum absolute atomic E-state index is 0. The van der Waals surface area contributed by atoms with Gasteiger partial charge in [-0.25, -0.2) is 0 Å². The SMILES string of the molecule is Cl.Cl.O=C(CCC1CCNCC1)NCC(=O)Nc1cccc2cccnc12. The number of carbonyl (C=O) groups is 2. The monoisotopic (exact) mass is 412 g/mol. The van der Waals surface area contributed by atoms with Crippen molar-refractivity contribution in [2.75, 3.05) is 25.0 Å². The van der Waals surface area contributed by atoms with Gasteiger partial charge in [-0.3, -0.25) is 14.6 Å². The molecule has 0 atom stereocenters. The minimum atomic E-state index is -0.242. The second-order valence-electron chi connectivity index (χ2n) is 6.44. The molecule has 2 amide bonds. The zero-order valence-electron chi connectivity index (χ0n) is 15.1. The maximum Gasteiger partial charge on any atom is 0.243 e. The van der Waals surface area contributed by atoms with Crippen LogP contribution in [-0.4, -0.2) is 36.4 Å². The molecule has 2 aromatic rings. The Morgan fingerprint density at radius 2 is 1.81 bits per heavy atom. The first-order valence-electron chi connectivity index (χ1n) is 8.83. The molecule has 1 fully saturated rings. The highest BCUT2D eigenvalue weighted by molar-refractivity contribution is 6.01. The van der Waals surface area contributed by atoms with Crippen LogP contribution >= 0.6 is 24.8 Å². The number of fused-ring (bicyclic) bond motifs is 1. The van der Waals surface area contributed by atoms with E-state index in [4.69, 9.17) is 0 Å². The van der Waals surface area contributed by atoms with Gasteiger partial charge in [-0.15, -0.1) is 24.8 Å². The number of nitrogens with one attached hydrogen (secondary N) is 3. The van der Waals surface area contributed by atoms with Crippen molar-refractivity contribution in [3.05, 3.63) is 36.5 Å². The number of aromatic nitrogens is 1. The Morgan fingerprint density at radius 3 is 2.59 bits per heavy atom. The van der Waals surface area contributed by atoms with Crippen LogP contribution in [0.25, 0.3) is 10.9 Å². The third-order valence-corrected chi connectivity index (χ3v) is 4.59. The molecular formula is C19H26Cl2N4O2. The van der Waals surface area contributed by atoms with E-state index in [0.717, 1.165) is 43.3 Å². The third-order valence-electron chi connectivity index (χ3n) is 4.59. The summed E-state index contributed by atoms with van der Waals surface area (Å²) in [6.45, 7) is 2.05. The Kier molecular flexibility index (Phi) is 10.1. The number of anilines is 1. The molecule has 8 heteroatoms. The fourth-order valence-electron chi connectivity index (χ4n) is 3.17. The van der Waals surface area contributed by atoms with E-state index in [-0.39, 0.29) is 43.2 Å². The number of rotatable bonds is 6. The largest absolute Gasteiger partial charge is 0.347 e. The molecule has 3 N–H and O–H groups in total. The first kappa shape index (κ1) is 23.1. The Hall–Kier alpha value is -1.89. The quantitative estimate of drug-likeness (QED) is 0.680. The van der Waals surface area contributed by atoms with Gasteiger partial charge in [0, 0.05) is 18.0 Å². The lowest BCUT2D eigenvalue weighted by molar-refractivity contribution is -0.124. The predicted octanol–water partition coefficient (Wildman–Crippen LogP) is 2.91. The number of hydrogen-bond acceptors (Lipinski definition) is 4. The van der Waals surface area contributed by atoms with E-state index >= 15 is 0 Å². The van der Waals surface area contributed by atoms with Gasteiger partial charge in [-0.05, 0) is 50.4 Å². The van der Waals surface area contributed by atoms with Crippen LogP contribution in [0.1, 0.15) is 25.7 Å². The van der Waals surface area contributed by atoms with Crippen molar-refractivity contribution < 1.29 is 9.59 Å². The van der Waals surface area contributed by atoms with Crippen molar-refractivity contribution in [2.45, 2.75) is 25.7 Å². The van der Waals surface area contributed by atoms with E-state index in [1.165, 1.54) is 0 Å². The van der Waals surface area contributed by atoms with Gasteiger partial charge in [0.1, 0.15) is 0 Å². The Balaban J connectivity index is 0.00000182. The summed E-state index contributed by atoms with van der Waals surface area (Å²) in [5.41, 5.74) is 1.41. The van der Waals surface area contributed by atoms with Crippen LogP contribution in [0.3, 0.4) is 0 Å². The molecule has 1 aromatic heterocycles. The molecule has 1 saturated heterocycles. The molecule has 1 aliphatic heterocycles. The van der Waals surface area contributed by atoms with Gasteiger partial charge in [0.25, 0.3) is 0 Å². The van der Waals surface area contributed by atoms with Gasteiger partial charge in [0.15, 0.2) is 0 Å². The van der Waals surface area contributed by atoms with Gasteiger partial charge in [-0.1, -0.05) is 18.2 Å². The average molecular weight is 413 g/mol. The summed E-state index contributed by atoms with van der Waals surface area (Å²) in [7, 11) is 0. The zero-order valence-corrected chi connectivity index (χ0v) is 16.7. The van der Waals surface area contributed by atoms with Crippen molar-refractivity contribution in [3.8, 4) is 0 Å². The molecule has 0 aliphatic carbocycles. The summed E-state index contributed by atoms with van der Waals surface area (Å²) in [5.74, 6) is 0.306. The van der Waals surface area contributed by atoms with E-state index < -0.39 is 0 Å². The molecular weight excluding hydrogens is 387 g/mol. The van der Waals surface area contributed by atoms with Crippen LogP contribution in [0.5, 0.6) is 0 Å². The van der Waals surface area contributed by atoms with E-state index in [2.05, 4.69) is 20.9 Å². The second-order valence-corrected chi connectivity index (χ2v) is 6.44. The molecule has 0 spiro atoms. The predicted molar refractivity (Wildman–Crippen MR) is 113 cm³/mol. The number of nitrogens with zero attached hydrogens (tertiary/aromatic N) is 1. The molecule has 2 heterocycles. The summed E-state index contributed by atoms with van der Waals surface area (Å²) in [4.78, 5) is 28.3. The molecule has 0 radical (unpaired) electrons. The summed E-state index contributed by atoms with van der Waals surface area (Å²) in [5, 5.41) is 9.81. The average Bonchev–Trinajstić information content (AvgIpc) is 2.66. The van der Waals surface area contributed by atoms with Crippen LogP contribution in [0.4, 0.5) is 5.69 Å². The van der Waals surface area contributed by atoms with Gasteiger partial charge in [0.05, 0.1) is 17.7 Å². The van der Waals surface area contributed by atoms with Gasteiger partial charge in [0.2, 0.25) is 11.8 Å². The van der Waals surface area contributed by atoms with Crippen molar-refractivity contribution in [2.24, 2.45) is 5.92 Å². The van der Waals surface area contributed by atoms with Crippen molar-refractivity contribution in [1.82, 2.24) is 15.6 Å². The third kappa shape index (κ3) is 6.97. The van der Waals surface area contributed by atoms with Crippen LogP contribution in [-0.2, 0) is 9.59 Å². The van der Waals surface area contributed by atoms with Crippen molar-refractivity contribution in [3.63, 3.8) is 0 Å². The lowest BCUT2D eigenvalue weighted by atomic mass is 9.93. The molecule has 1 aromatic carbocycles. The number of piperidine rings is 1. The maximum atomic E-state index is 12.1. The Labute approximate surface area is 171 Å². The molecule has 0 bridgehead atoms. The lowest BCUT2D eigenvalue weighted by Crippen LogP contribution is -2.33. The summed E-state index contributed by atoms with van der Waals surface area (Å²) >= 11 is 0. The highest BCUT2D eigenvalue weighted by atomic mass is 35.5. The zero-order chi connectivity index (χ0) is 17.5. The number of pyridine rings is 1. The van der Waals surface area contributed by atoms with Crippen LogP contribution in [0.15, 0.2) is 36.5 Å². The van der Waals surface area contributed by atoms with Gasteiger partial charge < -0.3 is 16.0 Å². The minimum Gasteiger partial charge on any atom is -0.347 e.